The quantitative estimate of drug-likeness (QED) is 0.0261. The van der Waals surface area contributed by atoms with Crippen LogP contribution in [0, 0.1) is 0 Å². The predicted molar refractivity (Wildman–Crippen MR) is 358 cm³/mol. The maximum atomic E-state index is 12.9. The average Bonchev–Trinajstić information content (AvgIpc) is 3.47. The van der Waals surface area contributed by atoms with Crippen LogP contribution in [0.2, 0.25) is 0 Å². The van der Waals surface area contributed by atoms with Crippen molar-refractivity contribution < 1.29 is 28.6 Å². The maximum Gasteiger partial charge on any atom is 0.306 e. The van der Waals surface area contributed by atoms with E-state index in [4.69, 9.17) is 14.2 Å². The monoisotopic (exact) mass is 1150 g/mol. The van der Waals surface area contributed by atoms with Crippen LogP contribution in [-0.2, 0) is 28.6 Å². The van der Waals surface area contributed by atoms with Crippen LogP contribution >= 0.6 is 0 Å². The molecule has 0 aromatic carbocycles. The van der Waals surface area contributed by atoms with Crippen LogP contribution < -0.4 is 0 Å². The molecule has 0 spiro atoms. The van der Waals surface area contributed by atoms with Crippen molar-refractivity contribution in [2.75, 3.05) is 13.2 Å². The van der Waals surface area contributed by atoms with Crippen molar-refractivity contribution >= 4 is 17.9 Å². The Morgan fingerprint density at radius 3 is 0.756 bits per heavy atom. The lowest BCUT2D eigenvalue weighted by Gasteiger charge is -2.18. The van der Waals surface area contributed by atoms with Gasteiger partial charge < -0.3 is 14.2 Å². The van der Waals surface area contributed by atoms with Crippen LogP contribution in [0.5, 0.6) is 0 Å². The Bertz CT molecular complexity index is 1500. The number of esters is 3. The van der Waals surface area contributed by atoms with Crippen LogP contribution in [0.4, 0.5) is 0 Å². The highest BCUT2D eigenvalue weighted by molar-refractivity contribution is 5.71. The van der Waals surface area contributed by atoms with Gasteiger partial charge in [0.1, 0.15) is 13.2 Å². The Labute approximate surface area is 510 Å². The SMILES string of the molecule is CC/C=C\C/C=C\C/C=C\C/C=C\C/C=C\CCCCCCCCCCCCCCCCCCCC(=O)OCC(COC(=O)CCCCCCCCCCCCCCCC)OC(=O)CCCCCCCCC/C=C\CCCCCCCC. The molecule has 0 fully saturated rings. The van der Waals surface area contributed by atoms with Gasteiger partial charge in [-0.2, -0.15) is 0 Å². The Morgan fingerprint density at radius 2 is 0.476 bits per heavy atom. The molecule has 0 aliphatic rings. The highest BCUT2D eigenvalue weighted by Crippen LogP contribution is 2.18. The third-order valence-electron chi connectivity index (χ3n) is 15.9. The second-order valence-corrected chi connectivity index (χ2v) is 24.1. The van der Waals surface area contributed by atoms with Gasteiger partial charge in [0.15, 0.2) is 6.10 Å². The molecule has 6 heteroatoms. The van der Waals surface area contributed by atoms with E-state index >= 15 is 0 Å². The summed E-state index contributed by atoms with van der Waals surface area (Å²) >= 11 is 0. The number of carbonyl (C=O) groups excluding carboxylic acids is 3. The molecule has 1 atom stereocenters. The summed E-state index contributed by atoms with van der Waals surface area (Å²) in [6.07, 6.45) is 92.2. The third-order valence-corrected chi connectivity index (χ3v) is 15.9. The number of hydrogen-bond acceptors (Lipinski definition) is 6. The van der Waals surface area contributed by atoms with Gasteiger partial charge in [-0.25, -0.2) is 0 Å². The van der Waals surface area contributed by atoms with E-state index in [1.807, 2.05) is 0 Å². The molecule has 0 saturated carbocycles. The number of unbranched alkanes of at least 4 members (excludes halogenated alkanes) is 43. The van der Waals surface area contributed by atoms with Gasteiger partial charge in [0.25, 0.3) is 0 Å². The first-order chi connectivity index (χ1) is 40.5. The third kappa shape index (κ3) is 67.6. The Kier molecular flexibility index (Phi) is 67.6. The minimum atomic E-state index is -0.775. The summed E-state index contributed by atoms with van der Waals surface area (Å²) in [7, 11) is 0. The van der Waals surface area contributed by atoms with Gasteiger partial charge >= 0.3 is 17.9 Å². The van der Waals surface area contributed by atoms with Gasteiger partial charge in [-0.05, 0) is 89.9 Å². The molecule has 0 amide bonds. The molecule has 0 N–H and O–H groups in total. The zero-order valence-electron chi connectivity index (χ0n) is 54.8. The van der Waals surface area contributed by atoms with Crippen molar-refractivity contribution in [1.29, 1.82) is 0 Å². The molecule has 0 aromatic heterocycles. The number of hydrogen-bond donors (Lipinski definition) is 0. The van der Waals surface area contributed by atoms with Crippen LogP contribution in [0.1, 0.15) is 374 Å². The van der Waals surface area contributed by atoms with E-state index in [9.17, 15) is 14.4 Å². The number of allylic oxidation sites excluding steroid dienone is 12. The van der Waals surface area contributed by atoms with Crippen molar-refractivity contribution in [2.45, 2.75) is 380 Å². The van der Waals surface area contributed by atoms with Crippen LogP contribution in [0.3, 0.4) is 0 Å². The fourth-order valence-electron chi connectivity index (χ4n) is 10.6. The smallest absolute Gasteiger partial charge is 0.306 e. The van der Waals surface area contributed by atoms with Gasteiger partial charge in [0.2, 0.25) is 0 Å². The molecule has 0 saturated heterocycles. The van der Waals surface area contributed by atoms with Crippen molar-refractivity contribution in [2.24, 2.45) is 0 Å². The highest BCUT2D eigenvalue weighted by Gasteiger charge is 2.19. The van der Waals surface area contributed by atoms with Gasteiger partial charge in [0.05, 0.1) is 0 Å². The Morgan fingerprint density at radius 1 is 0.256 bits per heavy atom. The van der Waals surface area contributed by atoms with E-state index in [0.29, 0.717) is 19.3 Å². The summed E-state index contributed by atoms with van der Waals surface area (Å²) in [5.41, 5.74) is 0. The van der Waals surface area contributed by atoms with Crippen molar-refractivity contribution in [3.8, 4) is 0 Å². The van der Waals surface area contributed by atoms with Gasteiger partial charge in [-0.15, -0.1) is 0 Å². The maximum absolute atomic E-state index is 12.9. The van der Waals surface area contributed by atoms with Crippen molar-refractivity contribution in [3.05, 3.63) is 72.9 Å². The normalized spacial score (nSPS) is 12.5. The van der Waals surface area contributed by atoms with E-state index in [2.05, 4.69) is 93.7 Å². The molecule has 0 heterocycles. The zero-order valence-corrected chi connectivity index (χ0v) is 54.8. The predicted octanol–water partition coefficient (Wildman–Crippen LogP) is 24.8. The molecule has 0 bridgehead atoms. The van der Waals surface area contributed by atoms with Gasteiger partial charge in [-0.1, -0.05) is 338 Å². The minimum absolute atomic E-state index is 0.0704. The standard InChI is InChI=1S/C76H136O6/c1-4-7-10-13-16-19-22-25-28-30-31-32-33-34-35-36-37-38-39-40-41-42-43-44-45-47-48-51-54-57-60-63-66-69-75(78)81-72-73(71-80-74(77)68-65-62-59-56-53-50-27-24-21-18-15-12-9-6-3)82-76(79)70-67-64-61-58-55-52-49-46-29-26-23-20-17-14-11-8-5-2/h7,10,16,19,25-26,28-29,31-32,34-35,73H,4-6,8-9,11-15,17-18,20-24,27,30,33,36-72H2,1-3H3/b10-7-,19-16-,28-25-,29-26-,32-31-,35-34-. The van der Waals surface area contributed by atoms with Crippen LogP contribution in [0.15, 0.2) is 72.9 Å². The summed E-state index contributed by atoms with van der Waals surface area (Å²) in [6.45, 7) is 6.58. The molecule has 476 valence electrons. The van der Waals surface area contributed by atoms with Gasteiger partial charge in [0, 0.05) is 19.3 Å². The molecular weight excluding hydrogens is 1010 g/mol. The van der Waals surface area contributed by atoms with Crippen molar-refractivity contribution in [3.63, 3.8) is 0 Å². The first-order valence-electron chi connectivity index (χ1n) is 35.9. The molecule has 0 aromatic rings. The number of carbonyl (C=O) groups is 3. The molecule has 1 unspecified atom stereocenters. The summed E-state index contributed by atoms with van der Waals surface area (Å²) < 4.78 is 17.0. The minimum Gasteiger partial charge on any atom is -0.462 e. The molecule has 0 radical (unpaired) electrons. The van der Waals surface area contributed by atoms with Crippen LogP contribution in [0.25, 0.3) is 0 Å². The zero-order chi connectivity index (χ0) is 59.2. The molecule has 6 nitrogen and oxygen atoms in total. The Balaban J connectivity index is 4.17. The average molecular weight is 1150 g/mol. The lowest BCUT2D eigenvalue weighted by Crippen LogP contribution is -2.30. The second-order valence-electron chi connectivity index (χ2n) is 24.1. The Hall–Kier alpha value is -3.15. The van der Waals surface area contributed by atoms with Crippen molar-refractivity contribution in [1.82, 2.24) is 0 Å². The lowest BCUT2D eigenvalue weighted by atomic mass is 10.0. The molecule has 0 aliphatic carbocycles. The summed E-state index contributed by atoms with van der Waals surface area (Å²) in [4.78, 5) is 38.4. The number of rotatable bonds is 66. The summed E-state index contributed by atoms with van der Waals surface area (Å²) in [6, 6.07) is 0. The molecule has 82 heavy (non-hydrogen) atoms. The van der Waals surface area contributed by atoms with E-state index in [1.165, 1.54) is 244 Å². The van der Waals surface area contributed by atoms with Crippen LogP contribution in [-0.4, -0.2) is 37.2 Å². The fourth-order valence-corrected chi connectivity index (χ4v) is 10.6. The summed E-state index contributed by atoms with van der Waals surface area (Å²) in [5.74, 6) is -0.850. The number of ether oxygens (including phenoxy) is 3. The van der Waals surface area contributed by atoms with E-state index in [-0.39, 0.29) is 31.1 Å². The van der Waals surface area contributed by atoms with E-state index in [0.717, 1.165) is 89.9 Å². The van der Waals surface area contributed by atoms with Gasteiger partial charge in [-0.3, -0.25) is 14.4 Å². The lowest BCUT2D eigenvalue weighted by molar-refractivity contribution is -0.167. The highest BCUT2D eigenvalue weighted by atomic mass is 16.6. The summed E-state index contributed by atoms with van der Waals surface area (Å²) in [5, 5.41) is 0. The molecular formula is C76H136O6. The van der Waals surface area contributed by atoms with E-state index in [1.54, 1.807) is 0 Å². The fraction of sp³-hybridized carbons (Fsp3) is 0.803. The largest absolute Gasteiger partial charge is 0.462 e. The first kappa shape index (κ1) is 78.8. The van der Waals surface area contributed by atoms with E-state index < -0.39 is 6.10 Å². The molecule has 0 rings (SSSR count). The first-order valence-corrected chi connectivity index (χ1v) is 35.9. The molecule has 0 aliphatic heterocycles. The second kappa shape index (κ2) is 70.3. The topological polar surface area (TPSA) is 78.9 Å².